The Kier molecular flexibility index (Phi) is 6.76. The number of benzene rings is 2. The van der Waals surface area contributed by atoms with Gasteiger partial charge in [0.2, 0.25) is 0 Å². The molecule has 6 nitrogen and oxygen atoms in total. The Morgan fingerprint density at radius 3 is 2.42 bits per heavy atom. The van der Waals surface area contributed by atoms with E-state index in [1.54, 1.807) is 25.1 Å². The van der Waals surface area contributed by atoms with Crippen LogP contribution in [0.5, 0.6) is 0 Å². The highest BCUT2D eigenvalue weighted by Crippen LogP contribution is 2.20. The molecule has 2 aromatic rings. The number of hydrogen-bond donors (Lipinski definition) is 2. The number of hydroxylamine groups is 1. The lowest BCUT2D eigenvalue weighted by atomic mass is 10.1. The normalized spacial score (nSPS) is 11.2. The first-order valence-corrected chi connectivity index (χ1v) is 9.91. The number of rotatable bonds is 8. The molecule has 26 heavy (non-hydrogen) atoms. The summed E-state index contributed by atoms with van der Waals surface area (Å²) in [5, 5.41) is 0. The fourth-order valence-corrected chi connectivity index (χ4v) is 3.58. The highest BCUT2D eigenvalue weighted by molar-refractivity contribution is 7.92. The molecule has 0 spiro atoms. The van der Waals surface area contributed by atoms with Crippen molar-refractivity contribution in [2.75, 3.05) is 11.8 Å². The highest BCUT2D eigenvalue weighted by atomic mass is 32.2. The summed E-state index contributed by atoms with van der Waals surface area (Å²) in [5.41, 5.74) is 4.74. The van der Waals surface area contributed by atoms with E-state index in [-0.39, 0.29) is 10.5 Å². The number of carbonyl (C=O) groups excluding carboxylic acids is 1. The summed E-state index contributed by atoms with van der Waals surface area (Å²) in [7, 11) is -2.48. The molecule has 140 valence electrons. The molecule has 2 aromatic carbocycles. The van der Waals surface area contributed by atoms with E-state index < -0.39 is 15.9 Å². The molecule has 0 aliphatic carbocycles. The molecule has 0 unspecified atom stereocenters. The molecule has 0 radical (unpaired) electrons. The summed E-state index contributed by atoms with van der Waals surface area (Å²) in [6, 6.07) is 11.7. The van der Waals surface area contributed by atoms with Crippen LogP contribution in [0.4, 0.5) is 5.69 Å². The molecular weight excluding hydrogens is 352 g/mol. The first-order chi connectivity index (χ1) is 12.4. The van der Waals surface area contributed by atoms with Crippen LogP contribution in [0.25, 0.3) is 0 Å². The van der Waals surface area contributed by atoms with Crippen molar-refractivity contribution in [2.45, 2.75) is 38.0 Å². The maximum atomic E-state index is 12.6. The minimum absolute atomic E-state index is 0.0133. The van der Waals surface area contributed by atoms with Crippen LogP contribution in [-0.2, 0) is 21.3 Å². The number of hydrogen-bond acceptors (Lipinski definition) is 4. The van der Waals surface area contributed by atoms with Gasteiger partial charge in [-0.15, -0.1) is 0 Å². The molecule has 0 atom stereocenters. The Morgan fingerprint density at radius 2 is 1.81 bits per heavy atom. The molecule has 7 heteroatoms. The Balaban J connectivity index is 2.22. The van der Waals surface area contributed by atoms with Gasteiger partial charge in [-0.1, -0.05) is 31.5 Å². The third-order valence-corrected chi connectivity index (χ3v) is 5.36. The molecule has 2 rings (SSSR count). The molecule has 0 aromatic heterocycles. The number of amides is 1. The number of carbonyl (C=O) groups is 1. The number of anilines is 1. The average molecular weight is 376 g/mol. The van der Waals surface area contributed by atoms with Crippen molar-refractivity contribution in [3.05, 3.63) is 59.2 Å². The fourth-order valence-electron chi connectivity index (χ4n) is 2.50. The molecule has 0 aliphatic rings. The van der Waals surface area contributed by atoms with E-state index >= 15 is 0 Å². The molecule has 0 aliphatic heterocycles. The zero-order valence-corrected chi connectivity index (χ0v) is 16.0. The third-order valence-electron chi connectivity index (χ3n) is 3.98. The van der Waals surface area contributed by atoms with E-state index in [4.69, 9.17) is 0 Å². The van der Waals surface area contributed by atoms with Crippen LogP contribution in [0.3, 0.4) is 0 Å². The summed E-state index contributed by atoms with van der Waals surface area (Å²) in [4.78, 5) is 16.6. The molecule has 0 saturated carbocycles. The smallest absolute Gasteiger partial charge is 0.275 e. The Hall–Kier alpha value is -2.38. The minimum atomic E-state index is -3.80. The molecule has 2 N–H and O–H groups in total. The largest absolute Gasteiger partial charge is 0.280 e. The van der Waals surface area contributed by atoms with Gasteiger partial charge in [-0.05, 0) is 55.2 Å². The third kappa shape index (κ3) is 5.06. The molecule has 1 amide bonds. The minimum Gasteiger partial charge on any atom is -0.280 e. The van der Waals surface area contributed by atoms with Gasteiger partial charge in [0.05, 0.1) is 12.0 Å². The summed E-state index contributed by atoms with van der Waals surface area (Å²) in [5.74, 6) is -0.498. The number of aryl methyl sites for hydroxylation is 2. The topological polar surface area (TPSA) is 84.5 Å². The van der Waals surface area contributed by atoms with Crippen molar-refractivity contribution in [1.82, 2.24) is 5.48 Å². The van der Waals surface area contributed by atoms with Gasteiger partial charge < -0.3 is 0 Å². The number of nitrogens with one attached hydrogen (secondary N) is 2. The van der Waals surface area contributed by atoms with Crippen molar-refractivity contribution in [1.29, 1.82) is 0 Å². The summed E-state index contributed by atoms with van der Waals surface area (Å²) < 4.78 is 27.8. The van der Waals surface area contributed by atoms with E-state index in [1.807, 2.05) is 12.1 Å². The zero-order chi connectivity index (χ0) is 19.2. The van der Waals surface area contributed by atoms with Crippen molar-refractivity contribution >= 4 is 21.6 Å². The predicted molar refractivity (Wildman–Crippen MR) is 102 cm³/mol. The van der Waals surface area contributed by atoms with E-state index in [0.29, 0.717) is 11.3 Å². The molecule has 0 bridgehead atoms. The number of sulfonamides is 1. The lowest BCUT2D eigenvalue weighted by molar-refractivity contribution is 0.0537. The van der Waals surface area contributed by atoms with Gasteiger partial charge in [0, 0.05) is 11.3 Å². The maximum absolute atomic E-state index is 12.6. The monoisotopic (exact) mass is 376 g/mol. The second-order valence-electron chi connectivity index (χ2n) is 6.02. The van der Waals surface area contributed by atoms with Gasteiger partial charge in [0.25, 0.3) is 15.9 Å². The summed E-state index contributed by atoms with van der Waals surface area (Å²) in [6.07, 6.45) is 3.18. The Labute approximate surface area is 154 Å². The van der Waals surface area contributed by atoms with Crippen LogP contribution in [-0.4, -0.2) is 21.4 Å². The van der Waals surface area contributed by atoms with Gasteiger partial charge >= 0.3 is 0 Å². The maximum Gasteiger partial charge on any atom is 0.275 e. The van der Waals surface area contributed by atoms with Crippen molar-refractivity contribution in [3.63, 3.8) is 0 Å². The first-order valence-electron chi connectivity index (χ1n) is 8.43. The van der Waals surface area contributed by atoms with Crippen molar-refractivity contribution < 1.29 is 18.0 Å². The molecular formula is C19H24N2O4S. The van der Waals surface area contributed by atoms with Crippen LogP contribution in [0.2, 0.25) is 0 Å². The van der Waals surface area contributed by atoms with Crippen molar-refractivity contribution in [2.24, 2.45) is 0 Å². The predicted octanol–water partition coefficient (Wildman–Crippen LogP) is 3.43. The molecule has 0 saturated heterocycles. The second kappa shape index (κ2) is 8.82. The Bertz CT molecular complexity index is 862. The average Bonchev–Trinajstić information content (AvgIpc) is 2.61. The van der Waals surface area contributed by atoms with Crippen LogP contribution in [0.15, 0.2) is 47.4 Å². The van der Waals surface area contributed by atoms with Crippen LogP contribution >= 0.6 is 0 Å². The van der Waals surface area contributed by atoms with Crippen LogP contribution < -0.4 is 10.2 Å². The fraction of sp³-hybridized carbons (Fsp3) is 0.316. The van der Waals surface area contributed by atoms with Crippen LogP contribution in [0, 0.1) is 6.92 Å². The number of unbranched alkanes of at least 4 members (excludes halogenated alkanes) is 1. The zero-order valence-electron chi connectivity index (χ0n) is 15.2. The highest BCUT2D eigenvalue weighted by Gasteiger charge is 2.18. The van der Waals surface area contributed by atoms with E-state index in [0.717, 1.165) is 19.3 Å². The summed E-state index contributed by atoms with van der Waals surface area (Å²) >= 11 is 0. The van der Waals surface area contributed by atoms with Gasteiger partial charge in [-0.3, -0.25) is 14.4 Å². The Morgan fingerprint density at radius 1 is 1.12 bits per heavy atom. The molecule has 0 heterocycles. The quantitative estimate of drug-likeness (QED) is 0.691. The van der Waals surface area contributed by atoms with Gasteiger partial charge in [0.15, 0.2) is 0 Å². The van der Waals surface area contributed by atoms with Gasteiger partial charge in [-0.25, -0.2) is 13.9 Å². The van der Waals surface area contributed by atoms with Crippen LogP contribution in [0.1, 0.15) is 41.3 Å². The van der Waals surface area contributed by atoms with Crippen molar-refractivity contribution in [3.8, 4) is 0 Å². The van der Waals surface area contributed by atoms with E-state index in [1.165, 1.54) is 24.8 Å². The standard InChI is InChI=1S/C19H24N2O4S/c1-4-5-6-15-8-10-16(11-9-15)21-26(23,24)17-12-7-14(2)18(13-17)19(22)20-25-3/h7-13,21H,4-6H2,1-3H3,(H,20,22). The van der Waals surface area contributed by atoms with Gasteiger partial charge in [0.1, 0.15) is 0 Å². The van der Waals surface area contributed by atoms with Gasteiger partial charge in [-0.2, -0.15) is 0 Å². The SMILES string of the molecule is CCCCc1ccc(NS(=O)(=O)c2ccc(C)c(C(=O)NOC)c2)cc1. The molecule has 0 fully saturated rings. The van der Waals surface area contributed by atoms with E-state index in [2.05, 4.69) is 22.0 Å². The summed E-state index contributed by atoms with van der Waals surface area (Å²) in [6.45, 7) is 3.86. The lowest BCUT2D eigenvalue weighted by Gasteiger charge is -2.11. The first kappa shape index (κ1) is 19.9. The van der Waals surface area contributed by atoms with E-state index in [9.17, 15) is 13.2 Å². The second-order valence-corrected chi connectivity index (χ2v) is 7.70. The lowest BCUT2D eigenvalue weighted by Crippen LogP contribution is -2.23.